The molecule has 3 N–H and O–H groups in total. The summed E-state index contributed by atoms with van der Waals surface area (Å²) in [6.07, 6.45) is 2.08. The highest BCUT2D eigenvalue weighted by Crippen LogP contribution is 2.21. The van der Waals surface area contributed by atoms with E-state index in [1.54, 1.807) is 12.3 Å². The summed E-state index contributed by atoms with van der Waals surface area (Å²) in [7, 11) is 0. The fourth-order valence-corrected chi connectivity index (χ4v) is 1.71. The van der Waals surface area contributed by atoms with Crippen LogP contribution in [0.1, 0.15) is 33.0 Å². The van der Waals surface area contributed by atoms with Crippen molar-refractivity contribution in [3.8, 4) is 0 Å². The molecule has 1 atom stereocenters. The molecule has 1 unspecified atom stereocenters. The van der Waals surface area contributed by atoms with Crippen LogP contribution in [0.5, 0.6) is 0 Å². The van der Waals surface area contributed by atoms with Crippen LogP contribution in [0, 0.1) is 5.41 Å². The van der Waals surface area contributed by atoms with Gasteiger partial charge in [0.25, 0.3) is 0 Å². The highest BCUT2D eigenvalue weighted by atomic mass is 16.4. The van der Waals surface area contributed by atoms with E-state index in [4.69, 9.17) is 9.52 Å². The third-order valence-electron chi connectivity index (χ3n) is 2.97. The molecule has 1 aromatic heterocycles. The van der Waals surface area contributed by atoms with Crippen molar-refractivity contribution >= 4 is 12.0 Å². The van der Waals surface area contributed by atoms with Crippen molar-refractivity contribution in [1.82, 2.24) is 10.6 Å². The number of nitrogens with one attached hydrogen (secondary N) is 2. The van der Waals surface area contributed by atoms with E-state index in [1.807, 2.05) is 26.8 Å². The van der Waals surface area contributed by atoms with Gasteiger partial charge in [0.05, 0.1) is 12.7 Å². The fraction of sp³-hybridized carbons (Fsp3) is 0.571. The van der Waals surface area contributed by atoms with Gasteiger partial charge in [-0.05, 0) is 17.5 Å². The summed E-state index contributed by atoms with van der Waals surface area (Å²) < 4.78 is 5.15. The molecule has 1 rings (SSSR count). The van der Waals surface area contributed by atoms with Crippen molar-refractivity contribution < 1.29 is 19.1 Å². The molecule has 112 valence electrons. The second-order valence-electron chi connectivity index (χ2n) is 5.75. The molecule has 6 nitrogen and oxygen atoms in total. The molecule has 0 aliphatic heterocycles. The molecule has 6 heteroatoms. The number of urea groups is 1. The number of rotatable bonds is 6. The first-order chi connectivity index (χ1) is 9.29. The lowest BCUT2D eigenvalue weighted by molar-refractivity contribution is -0.138. The largest absolute Gasteiger partial charge is 0.481 e. The number of furan rings is 1. The van der Waals surface area contributed by atoms with E-state index in [9.17, 15) is 9.59 Å². The molecule has 0 saturated carbocycles. The first-order valence-electron chi connectivity index (χ1n) is 6.57. The highest BCUT2D eigenvalue weighted by Gasteiger charge is 2.28. The van der Waals surface area contributed by atoms with E-state index < -0.39 is 12.0 Å². The molecule has 2 amide bonds. The summed E-state index contributed by atoms with van der Waals surface area (Å²) in [6, 6.07) is 2.83. The molecule has 20 heavy (non-hydrogen) atoms. The zero-order chi connectivity index (χ0) is 15.2. The molecule has 0 radical (unpaired) electrons. The van der Waals surface area contributed by atoms with Crippen LogP contribution in [0.25, 0.3) is 0 Å². The summed E-state index contributed by atoms with van der Waals surface area (Å²) in [5.74, 6) is -0.135. The summed E-state index contributed by atoms with van der Waals surface area (Å²) in [4.78, 5) is 22.6. The van der Waals surface area contributed by atoms with Crippen LogP contribution >= 0.6 is 0 Å². The lowest BCUT2D eigenvalue weighted by Crippen LogP contribution is -2.49. The third kappa shape index (κ3) is 5.77. The molecule has 0 bridgehead atoms. The Morgan fingerprint density at radius 3 is 2.60 bits per heavy atom. The number of carbonyl (C=O) groups excluding carboxylic acids is 1. The summed E-state index contributed by atoms with van der Waals surface area (Å²) in [5, 5.41) is 14.3. The van der Waals surface area contributed by atoms with Crippen LogP contribution in [0.15, 0.2) is 22.8 Å². The van der Waals surface area contributed by atoms with Gasteiger partial charge in [-0.1, -0.05) is 20.8 Å². The predicted octanol–water partition coefficient (Wildman–Crippen LogP) is 2.01. The minimum Gasteiger partial charge on any atom is -0.481 e. The number of carboxylic acid groups (broad SMARTS) is 1. The average molecular weight is 282 g/mol. The van der Waals surface area contributed by atoms with Crippen LogP contribution < -0.4 is 10.6 Å². The van der Waals surface area contributed by atoms with E-state index in [0.717, 1.165) is 5.76 Å². The van der Waals surface area contributed by atoms with Gasteiger partial charge in [0.1, 0.15) is 5.76 Å². The Kier molecular flexibility index (Phi) is 5.61. The Hall–Kier alpha value is -1.98. The summed E-state index contributed by atoms with van der Waals surface area (Å²) >= 11 is 0. The Bertz CT molecular complexity index is 435. The number of hydrogen-bond donors (Lipinski definition) is 3. The Morgan fingerprint density at radius 1 is 1.40 bits per heavy atom. The van der Waals surface area contributed by atoms with E-state index in [-0.39, 0.29) is 17.9 Å². The van der Waals surface area contributed by atoms with Gasteiger partial charge in [-0.25, -0.2) is 4.79 Å². The number of carboxylic acids is 1. The zero-order valence-corrected chi connectivity index (χ0v) is 12.1. The molecule has 0 aliphatic carbocycles. The van der Waals surface area contributed by atoms with Crippen molar-refractivity contribution in [2.45, 2.75) is 39.7 Å². The SMILES string of the molecule is CC(C)(C)C(CC(=O)O)NC(=O)NCCc1ccco1. The quantitative estimate of drug-likeness (QED) is 0.744. The number of hydrogen-bond acceptors (Lipinski definition) is 3. The van der Waals surface area contributed by atoms with Crippen molar-refractivity contribution in [1.29, 1.82) is 0 Å². The highest BCUT2D eigenvalue weighted by molar-refractivity contribution is 5.75. The first kappa shape index (κ1) is 16.1. The van der Waals surface area contributed by atoms with Crippen LogP contribution in [0.3, 0.4) is 0 Å². The van der Waals surface area contributed by atoms with E-state index in [0.29, 0.717) is 13.0 Å². The number of amides is 2. The second kappa shape index (κ2) is 6.98. The molecular weight excluding hydrogens is 260 g/mol. The first-order valence-corrected chi connectivity index (χ1v) is 6.57. The normalized spacial score (nSPS) is 12.8. The van der Waals surface area contributed by atoms with E-state index in [1.165, 1.54) is 0 Å². The number of carbonyl (C=O) groups is 2. The average Bonchev–Trinajstić information content (AvgIpc) is 2.79. The maximum absolute atomic E-state index is 11.8. The van der Waals surface area contributed by atoms with Gasteiger partial charge in [0.15, 0.2) is 0 Å². The van der Waals surface area contributed by atoms with Crippen molar-refractivity contribution in [3.63, 3.8) is 0 Å². The van der Waals surface area contributed by atoms with Crippen molar-refractivity contribution in [3.05, 3.63) is 24.2 Å². The maximum Gasteiger partial charge on any atom is 0.315 e. The van der Waals surface area contributed by atoms with Crippen LogP contribution in [-0.4, -0.2) is 29.7 Å². The molecule has 0 spiro atoms. The van der Waals surface area contributed by atoms with Gasteiger partial charge in [0, 0.05) is 19.0 Å². The molecule has 0 fully saturated rings. The van der Waals surface area contributed by atoms with E-state index >= 15 is 0 Å². The monoisotopic (exact) mass is 282 g/mol. The second-order valence-corrected chi connectivity index (χ2v) is 5.75. The van der Waals surface area contributed by atoms with Gasteiger partial charge >= 0.3 is 12.0 Å². The lowest BCUT2D eigenvalue weighted by atomic mass is 9.85. The van der Waals surface area contributed by atoms with Crippen LogP contribution in [0.4, 0.5) is 4.79 Å². The Morgan fingerprint density at radius 2 is 2.10 bits per heavy atom. The topological polar surface area (TPSA) is 91.6 Å². The summed E-state index contributed by atoms with van der Waals surface area (Å²) in [6.45, 7) is 6.11. The van der Waals surface area contributed by atoms with E-state index in [2.05, 4.69) is 10.6 Å². The fourth-order valence-electron chi connectivity index (χ4n) is 1.71. The minimum absolute atomic E-state index is 0.102. The van der Waals surface area contributed by atoms with Gasteiger partial charge in [0.2, 0.25) is 0 Å². The predicted molar refractivity (Wildman–Crippen MR) is 74.4 cm³/mol. The van der Waals surface area contributed by atoms with Gasteiger partial charge in [-0.15, -0.1) is 0 Å². The molecule has 0 aliphatic rings. The van der Waals surface area contributed by atoms with Gasteiger partial charge < -0.3 is 20.2 Å². The Balaban J connectivity index is 2.39. The maximum atomic E-state index is 11.8. The Labute approximate surface area is 118 Å². The molecular formula is C14H22N2O4. The van der Waals surface area contributed by atoms with Crippen LogP contribution in [0.2, 0.25) is 0 Å². The smallest absolute Gasteiger partial charge is 0.315 e. The van der Waals surface area contributed by atoms with Gasteiger partial charge in [-0.2, -0.15) is 0 Å². The lowest BCUT2D eigenvalue weighted by Gasteiger charge is -2.30. The van der Waals surface area contributed by atoms with Crippen molar-refractivity contribution in [2.24, 2.45) is 5.41 Å². The molecule has 0 aromatic carbocycles. The minimum atomic E-state index is -0.930. The summed E-state index contributed by atoms with van der Waals surface area (Å²) in [5.41, 5.74) is -0.323. The van der Waals surface area contributed by atoms with Crippen molar-refractivity contribution in [2.75, 3.05) is 6.54 Å². The molecule has 0 saturated heterocycles. The van der Waals surface area contributed by atoms with Gasteiger partial charge in [-0.3, -0.25) is 4.79 Å². The number of aliphatic carboxylic acids is 1. The van der Waals surface area contributed by atoms with Crippen LogP contribution in [-0.2, 0) is 11.2 Å². The molecule has 1 aromatic rings. The zero-order valence-electron chi connectivity index (χ0n) is 12.1. The molecule has 1 heterocycles. The third-order valence-corrected chi connectivity index (χ3v) is 2.97. The standard InChI is InChI=1S/C14H22N2O4/c1-14(2,3)11(9-12(17)18)16-13(19)15-7-6-10-5-4-8-20-10/h4-5,8,11H,6-7,9H2,1-3H3,(H,17,18)(H2,15,16,19).